The normalized spacial score (nSPS) is 13.3. The molecule has 0 spiro atoms. The van der Waals surface area contributed by atoms with Crippen molar-refractivity contribution in [3.8, 4) is 0 Å². The molecule has 0 unspecified atom stereocenters. The van der Waals surface area contributed by atoms with Crippen molar-refractivity contribution in [2.75, 3.05) is 30.6 Å². The Morgan fingerprint density at radius 1 is 1.10 bits per heavy atom. The van der Waals surface area contributed by atoms with Gasteiger partial charge in [0.05, 0.1) is 10.6 Å². The summed E-state index contributed by atoms with van der Waals surface area (Å²) >= 11 is 0. The van der Waals surface area contributed by atoms with Gasteiger partial charge in [-0.25, -0.2) is 8.42 Å². The summed E-state index contributed by atoms with van der Waals surface area (Å²) in [6.45, 7) is 4.35. The molecule has 6 nitrogen and oxygen atoms in total. The van der Waals surface area contributed by atoms with Crippen LogP contribution in [0.25, 0.3) is 0 Å². The molecule has 0 saturated heterocycles. The van der Waals surface area contributed by atoms with Crippen LogP contribution in [-0.2, 0) is 21.2 Å². The zero-order valence-corrected chi connectivity index (χ0v) is 17.6. The van der Waals surface area contributed by atoms with Gasteiger partial charge in [0, 0.05) is 31.9 Å². The third-order valence-corrected chi connectivity index (χ3v) is 6.73. The van der Waals surface area contributed by atoms with E-state index >= 15 is 0 Å². The number of amides is 1. The lowest BCUT2D eigenvalue weighted by atomic mass is 10.2. The molecular formula is C22H28N2O4S. The lowest BCUT2D eigenvalue weighted by Gasteiger charge is -2.20. The van der Waals surface area contributed by atoms with E-state index in [4.69, 9.17) is 4.74 Å². The van der Waals surface area contributed by atoms with E-state index in [1.165, 1.54) is 16.4 Å². The quantitative estimate of drug-likeness (QED) is 0.603. The van der Waals surface area contributed by atoms with Gasteiger partial charge in [0.1, 0.15) is 0 Å². The van der Waals surface area contributed by atoms with E-state index in [2.05, 4.69) is 12.2 Å². The SMILES string of the molecule is CCCCOCCCNC(=O)c1cccc(S(=O)(=O)N2CCc3ccccc32)c1. The average Bonchev–Trinajstić information content (AvgIpc) is 3.18. The van der Waals surface area contributed by atoms with Crippen molar-refractivity contribution in [3.05, 3.63) is 59.7 Å². The van der Waals surface area contributed by atoms with Gasteiger partial charge in [0.25, 0.3) is 15.9 Å². The molecule has 3 rings (SSSR count). The van der Waals surface area contributed by atoms with E-state index in [1.807, 2.05) is 24.3 Å². The van der Waals surface area contributed by atoms with Crippen molar-refractivity contribution >= 4 is 21.6 Å². The molecule has 0 radical (unpaired) electrons. The molecular weight excluding hydrogens is 388 g/mol. The van der Waals surface area contributed by atoms with Gasteiger partial charge < -0.3 is 10.1 Å². The summed E-state index contributed by atoms with van der Waals surface area (Å²) in [5.41, 5.74) is 2.07. The number of unbranched alkanes of at least 4 members (excludes halogenated alkanes) is 1. The molecule has 1 aliphatic heterocycles. The van der Waals surface area contributed by atoms with Gasteiger partial charge in [-0.3, -0.25) is 9.10 Å². The van der Waals surface area contributed by atoms with Gasteiger partial charge in [0.15, 0.2) is 0 Å². The highest BCUT2D eigenvalue weighted by Crippen LogP contribution is 2.32. The van der Waals surface area contributed by atoms with E-state index in [9.17, 15) is 13.2 Å². The summed E-state index contributed by atoms with van der Waals surface area (Å²) in [6.07, 6.45) is 3.54. The fraction of sp³-hybridized carbons (Fsp3) is 0.409. The molecule has 0 fully saturated rings. The number of para-hydroxylation sites is 1. The van der Waals surface area contributed by atoms with Crippen LogP contribution in [0.2, 0.25) is 0 Å². The van der Waals surface area contributed by atoms with E-state index in [1.54, 1.807) is 12.1 Å². The smallest absolute Gasteiger partial charge is 0.264 e. The Balaban J connectivity index is 1.63. The second-order valence-corrected chi connectivity index (χ2v) is 8.92. The second kappa shape index (κ2) is 9.89. The first-order valence-electron chi connectivity index (χ1n) is 10.1. The predicted octanol–water partition coefficient (Wildman–Crippen LogP) is 3.37. The Labute approximate surface area is 172 Å². The molecule has 1 aliphatic rings. The summed E-state index contributed by atoms with van der Waals surface area (Å²) in [7, 11) is -3.71. The van der Waals surface area contributed by atoms with Crippen LogP contribution in [0, 0.1) is 0 Å². The van der Waals surface area contributed by atoms with Crippen LogP contribution in [0.5, 0.6) is 0 Å². The van der Waals surface area contributed by atoms with E-state index < -0.39 is 10.0 Å². The van der Waals surface area contributed by atoms with Crippen LogP contribution in [0.4, 0.5) is 5.69 Å². The third-order valence-electron chi connectivity index (χ3n) is 4.92. The number of ether oxygens (including phenoxy) is 1. The number of anilines is 1. The maximum atomic E-state index is 13.1. The largest absolute Gasteiger partial charge is 0.381 e. The number of benzene rings is 2. The maximum Gasteiger partial charge on any atom is 0.264 e. The first-order valence-corrected chi connectivity index (χ1v) is 11.5. The number of carbonyl (C=O) groups is 1. The number of hydrogen-bond acceptors (Lipinski definition) is 4. The zero-order valence-electron chi connectivity index (χ0n) is 16.8. The molecule has 1 amide bonds. The number of hydrogen-bond donors (Lipinski definition) is 1. The molecule has 2 aromatic rings. The molecule has 1 N–H and O–H groups in total. The minimum atomic E-state index is -3.71. The van der Waals surface area contributed by atoms with Gasteiger partial charge in [-0.05, 0) is 49.1 Å². The van der Waals surface area contributed by atoms with Gasteiger partial charge in [-0.15, -0.1) is 0 Å². The molecule has 156 valence electrons. The predicted molar refractivity (Wildman–Crippen MR) is 114 cm³/mol. The molecule has 0 atom stereocenters. The fourth-order valence-corrected chi connectivity index (χ4v) is 4.86. The summed E-state index contributed by atoms with van der Waals surface area (Å²) in [5, 5.41) is 2.83. The highest BCUT2D eigenvalue weighted by atomic mass is 32.2. The average molecular weight is 417 g/mol. The number of fused-ring (bicyclic) bond motifs is 1. The van der Waals surface area contributed by atoms with Crippen LogP contribution in [-0.4, -0.2) is 40.6 Å². The molecule has 2 aromatic carbocycles. The summed E-state index contributed by atoms with van der Waals surface area (Å²) in [5.74, 6) is -0.280. The van der Waals surface area contributed by atoms with E-state index in [0.29, 0.717) is 37.4 Å². The van der Waals surface area contributed by atoms with Gasteiger partial charge in [-0.1, -0.05) is 37.6 Å². The van der Waals surface area contributed by atoms with Gasteiger partial charge in [-0.2, -0.15) is 0 Å². The van der Waals surface area contributed by atoms with Crippen molar-refractivity contribution < 1.29 is 17.9 Å². The summed E-state index contributed by atoms with van der Waals surface area (Å²) < 4.78 is 33.2. The molecule has 0 saturated carbocycles. The number of nitrogens with zero attached hydrogens (tertiary/aromatic N) is 1. The van der Waals surface area contributed by atoms with Gasteiger partial charge >= 0.3 is 0 Å². The van der Waals surface area contributed by atoms with Crippen molar-refractivity contribution in [3.63, 3.8) is 0 Å². The zero-order chi connectivity index (χ0) is 20.7. The lowest BCUT2D eigenvalue weighted by molar-refractivity contribution is 0.0940. The fourth-order valence-electron chi connectivity index (χ4n) is 3.31. The molecule has 0 aromatic heterocycles. The number of nitrogens with one attached hydrogen (secondary N) is 1. The van der Waals surface area contributed by atoms with Crippen molar-refractivity contribution in [1.82, 2.24) is 5.32 Å². The van der Waals surface area contributed by atoms with E-state index in [0.717, 1.165) is 31.4 Å². The van der Waals surface area contributed by atoms with Crippen molar-refractivity contribution in [1.29, 1.82) is 0 Å². The van der Waals surface area contributed by atoms with Crippen LogP contribution in [0.3, 0.4) is 0 Å². The number of sulfonamides is 1. The number of carbonyl (C=O) groups excluding carboxylic acids is 1. The van der Waals surface area contributed by atoms with E-state index in [-0.39, 0.29) is 10.8 Å². The Hall–Kier alpha value is -2.38. The van der Waals surface area contributed by atoms with Crippen molar-refractivity contribution in [2.24, 2.45) is 0 Å². The first-order chi connectivity index (χ1) is 14.0. The minimum absolute atomic E-state index is 0.129. The Morgan fingerprint density at radius 2 is 1.90 bits per heavy atom. The second-order valence-electron chi connectivity index (χ2n) is 7.06. The van der Waals surface area contributed by atoms with Crippen LogP contribution in [0.15, 0.2) is 53.4 Å². The summed E-state index contributed by atoms with van der Waals surface area (Å²) in [4.78, 5) is 12.5. The minimum Gasteiger partial charge on any atom is -0.381 e. The molecule has 29 heavy (non-hydrogen) atoms. The van der Waals surface area contributed by atoms with Gasteiger partial charge in [0.2, 0.25) is 0 Å². The highest BCUT2D eigenvalue weighted by molar-refractivity contribution is 7.92. The van der Waals surface area contributed by atoms with Crippen LogP contribution < -0.4 is 9.62 Å². The maximum absolute atomic E-state index is 13.1. The number of rotatable bonds is 10. The Morgan fingerprint density at radius 3 is 2.72 bits per heavy atom. The summed E-state index contributed by atoms with van der Waals surface area (Å²) in [6, 6.07) is 13.7. The highest BCUT2D eigenvalue weighted by Gasteiger charge is 2.30. The monoisotopic (exact) mass is 416 g/mol. The molecule has 0 bridgehead atoms. The molecule has 1 heterocycles. The molecule has 0 aliphatic carbocycles. The topological polar surface area (TPSA) is 75.7 Å². The van der Waals surface area contributed by atoms with Crippen molar-refractivity contribution in [2.45, 2.75) is 37.5 Å². The standard InChI is InChI=1S/C22H28N2O4S/c1-2-3-15-28-16-7-13-23-22(25)19-9-6-10-20(17-19)29(26,27)24-14-12-18-8-4-5-11-21(18)24/h4-6,8-11,17H,2-3,7,12-16H2,1H3,(H,23,25). The Bertz CT molecular complexity index is 943. The third kappa shape index (κ3) is 5.16. The van der Waals surface area contributed by atoms with Crippen LogP contribution >= 0.6 is 0 Å². The lowest BCUT2D eigenvalue weighted by Crippen LogP contribution is -2.30. The first kappa shape index (κ1) is 21.3. The molecule has 7 heteroatoms. The Kier molecular flexibility index (Phi) is 7.28. The van der Waals surface area contributed by atoms with Crippen LogP contribution in [0.1, 0.15) is 42.1 Å².